The molecule has 0 unspecified atom stereocenters. The van der Waals surface area contributed by atoms with Crippen LogP contribution in [0.5, 0.6) is 0 Å². The van der Waals surface area contributed by atoms with Gasteiger partial charge in [-0.1, -0.05) is 23.2 Å². The Labute approximate surface area is 119 Å². The van der Waals surface area contributed by atoms with Crippen LogP contribution in [0.2, 0.25) is 15.3 Å². The molecule has 2 rings (SSSR count). The maximum atomic E-state index is 11.8. The van der Waals surface area contributed by atoms with E-state index in [1.807, 2.05) is 0 Å². The van der Waals surface area contributed by atoms with Gasteiger partial charge in [-0.3, -0.25) is 4.79 Å². The Morgan fingerprint density at radius 1 is 1.11 bits per heavy atom. The minimum absolute atomic E-state index is 0.256. The van der Waals surface area contributed by atoms with Crippen molar-refractivity contribution in [2.75, 3.05) is 0 Å². The van der Waals surface area contributed by atoms with Crippen LogP contribution in [0.15, 0.2) is 34.7 Å². The summed E-state index contributed by atoms with van der Waals surface area (Å²) in [5.41, 5.74) is 0.432. The Balaban J connectivity index is 2.01. The monoisotopic (exact) mass is 303 g/mol. The lowest BCUT2D eigenvalue weighted by Crippen LogP contribution is -2.22. The van der Waals surface area contributed by atoms with E-state index in [9.17, 15) is 4.79 Å². The molecule has 0 aliphatic heterocycles. The molecule has 0 atom stereocenters. The largest absolute Gasteiger partial charge is 0.448 e. The number of furan rings is 1. The molecule has 2 aromatic rings. The van der Waals surface area contributed by atoms with Crippen molar-refractivity contribution in [1.29, 1.82) is 0 Å². The molecule has 0 saturated heterocycles. The lowest BCUT2D eigenvalue weighted by molar-refractivity contribution is 0.0948. The molecule has 94 valence electrons. The van der Waals surface area contributed by atoms with Crippen molar-refractivity contribution in [3.05, 3.63) is 56.9 Å². The summed E-state index contributed by atoms with van der Waals surface area (Å²) in [5, 5.41) is 3.71. The van der Waals surface area contributed by atoms with E-state index in [-0.39, 0.29) is 17.7 Å². The van der Waals surface area contributed by atoms with Crippen LogP contribution in [0.4, 0.5) is 0 Å². The molecule has 6 heteroatoms. The molecule has 1 aromatic carbocycles. The average molecular weight is 305 g/mol. The molecule has 3 nitrogen and oxygen atoms in total. The van der Waals surface area contributed by atoms with E-state index >= 15 is 0 Å². The van der Waals surface area contributed by atoms with Gasteiger partial charge in [-0.2, -0.15) is 0 Å². The van der Waals surface area contributed by atoms with Gasteiger partial charge in [0.25, 0.3) is 5.91 Å². The fourth-order valence-corrected chi connectivity index (χ4v) is 1.81. The number of hydrogen-bond acceptors (Lipinski definition) is 2. The van der Waals surface area contributed by atoms with Crippen molar-refractivity contribution in [3.63, 3.8) is 0 Å². The number of carbonyl (C=O) groups is 1. The predicted octanol–water partition coefficient (Wildman–Crippen LogP) is 4.17. The highest BCUT2D eigenvalue weighted by Gasteiger charge is 2.08. The highest BCUT2D eigenvalue weighted by molar-refractivity contribution is 6.42. The van der Waals surface area contributed by atoms with Crippen LogP contribution in [-0.4, -0.2) is 5.91 Å². The number of halogens is 3. The highest BCUT2D eigenvalue weighted by Crippen LogP contribution is 2.22. The molecule has 1 amide bonds. The fourth-order valence-electron chi connectivity index (χ4n) is 1.35. The minimum Gasteiger partial charge on any atom is -0.448 e. The smallest absolute Gasteiger partial charge is 0.251 e. The van der Waals surface area contributed by atoms with Gasteiger partial charge in [-0.15, -0.1) is 0 Å². The van der Waals surface area contributed by atoms with E-state index < -0.39 is 0 Å². The number of amides is 1. The van der Waals surface area contributed by atoms with Crippen molar-refractivity contribution >= 4 is 40.7 Å². The molecule has 0 radical (unpaired) electrons. The van der Waals surface area contributed by atoms with E-state index in [2.05, 4.69) is 5.32 Å². The van der Waals surface area contributed by atoms with E-state index in [0.717, 1.165) is 0 Å². The van der Waals surface area contributed by atoms with Gasteiger partial charge in [0.05, 0.1) is 16.6 Å². The lowest BCUT2D eigenvalue weighted by Gasteiger charge is -2.04. The van der Waals surface area contributed by atoms with Crippen molar-refractivity contribution in [3.8, 4) is 0 Å². The third kappa shape index (κ3) is 3.19. The normalized spacial score (nSPS) is 10.4. The summed E-state index contributed by atoms with van der Waals surface area (Å²) in [5.74, 6) is 0.314. The molecule has 0 aliphatic rings. The zero-order valence-electron chi connectivity index (χ0n) is 9.04. The third-order valence-corrected chi connectivity index (χ3v) is 3.18. The third-order valence-electron chi connectivity index (χ3n) is 2.23. The summed E-state index contributed by atoms with van der Waals surface area (Å²) in [7, 11) is 0. The second-order valence-electron chi connectivity index (χ2n) is 3.52. The van der Waals surface area contributed by atoms with Gasteiger partial charge in [0.1, 0.15) is 5.76 Å². The first kappa shape index (κ1) is 13.3. The van der Waals surface area contributed by atoms with Gasteiger partial charge < -0.3 is 9.73 Å². The molecule has 0 bridgehead atoms. The second kappa shape index (κ2) is 5.65. The molecule has 0 spiro atoms. The van der Waals surface area contributed by atoms with Gasteiger partial charge >= 0.3 is 0 Å². The van der Waals surface area contributed by atoms with Gasteiger partial charge in [0.15, 0.2) is 5.22 Å². The Morgan fingerprint density at radius 3 is 2.50 bits per heavy atom. The SMILES string of the molecule is O=C(NCc1ccc(Cl)o1)c1ccc(Cl)c(Cl)c1. The van der Waals surface area contributed by atoms with Crippen molar-refractivity contribution in [2.45, 2.75) is 6.54 Å². The molecule has 1 heterocycles. The first-order valence-corrected chi connectivity index (χ1v) is 6.17. The molecule has 0 fully saturated rings. The second-order valence-corrected chi connectivity index (χ2v) is 4.70. The number of hydrogen-bond donors (Lipinski definition) is 1. The highest BCUT2D eigenvalue weighted by atomic mass is 35.5. The van der Waals surface area contributed by atoms with Crippen molar-refractivity contribution in [1.82, 2.24) is 5.32 Å². The Kier molecular flexibility index (Phi) is 4.17. The van der Waals surface area contributed by atoms with Gasteiger partial charge in [-0.25, -0.2) is 0 Å². The summed E-state index contributed by atoms with van der Waals surface area (Å²) in [4.78, 5) is 11.8. The minimum atomic E-state index is -0.263. The number of nitrogens with one attached hydrogen (secondary N) is 1. The van der Waals surface area contributed by atoms with Crippen molar-refractivity contribution in [2.24, 2.45) is 0 Å². The Hall–Kier alpha value is -1.16. The molecular formula is C12H8Cl3NO2. The fraction of sp³-hybridized carbons (Fsp3) is 0.0833. The molecule has 0 saturated carbocycles. The van der Waals surface area contributed by atoms with Crippen LogP contribution >= 0.6 is 34.8 Å². The molecule has 0 aliphatic carbocycles. The predicted molar refractivity (Wildman–Crippen MR) is 71.4 cm³/mol. The van der Waals surface area contributed by atoms with Crippen LogP contribution in [-0.2, 0) is 6.54 Å². The molecule has 1 N–H and O–H groups in total. The first-order chi connectivity index (χ1) is 8.56. The van der Waals surface area contributed by atoms with Gasteiger partial charge in [0, 0.05) is 5.56 Å². The average Bonchev–Trinajstić information content (AvgIpc) is 2.75. The number of carbonyl (C=O) groups excluding carboxylic acids is 1. The maximum absolute atomic E-state index is 11.8. The van der Waals surface area contributed by atoms with Gasteiger partial charge in [0.2, 0.25) is 0 Å². The van der Waals surface area contributed by atoms with E-state index in [4.69, 9.17) is 39.2 Å². The summed E-state index contributed by atoms with van der Waals surface area (Å²) < 4.78 is 5.12. The van der Waals surface area contributed by atoms with E-state index in [1.165, 1.54) is 6.07 Å². The van der Waals surface area contributed by atoms with Crippen molar-refractivity contribution < 1.29 is 9.21 Å². The van der Waals surface area contributed by atoms with Crippen LogP contribution in [0.3, 0.4) is 0 Å². The summed E-state index contributed by atoms with van der Waals surface area (Å²) in [6.07, 6.45) is 0. The molecule has 18 heavy (non-hydrogen) atoms. The van der Waals surface area contributed by atoms with Crippen LogP contribution in [0, 0.1) is 0 Å². The zero-order valence-corrected chi connectivity index (χ0v) is 11.3. The Morgan fingerprint density at radius 2 is 1.89 bits per heavy atom. The summed E-state index contributed by atoms with van der Waals surface area (Å²) in [6, 6.07) is 7.98. The molecule has 1 aromatic heterocycles. The van der Waals surface area contributed by atoms with E-state index in [1.54, 1.807) is 24.3 Å². The van der Waals surface area contributed by atoms with Gasteiger partial charge in [-0.05, 0) is 41.9 Å². The van der Waals surface area contributed by atoms with Crippen LogP contribution < -0.4 is 5.32 Å². The standard InChI is InChI=1S/C12H8Cl3NO2/c13-9-3-1-7(5-10(9)14)12(17)16-6-8-2-4-11(15)18-8/h1-5H,6H2,(H,16,17). The number of benzene rings is 1. The summed E-state index contributed by atoms with van der Waals surface area (Å²) in [6.45, 7) is 0.256. The lowest BCUT2D eigenvalue weighted by atomic mass is 10.2. The topological polar surface area (TPSA) is 42.2 Å². The first-order valence-electron chi connectivity index (χ1n) is 5.04. The van der Waals surface area contributed by atoms with E-state index in [0.29, 0.717) is 21.4 Å². The van der Waals surface area contributed by atoms with Crippen LogP contribution in [0.1, 0.15) is 16.1 Å². The number of rotatable bonds is 3. The van der Waals surface area contributed by atoms with Crippen LogP contribution in [0.25, 0.3) is 0 Å². The summed E-state index contributed by atoms with van der Waals surface area (Å²) >= 11 is 17.2. The zero-order chi connectivity index (χ0) is 13.1. The molecular weight excluding hydrogens is 296 g/mol. The maximum Gasteiger partial charge on any atom is 0.251 e. The Bertz CT molecular complexity index is 580. The quantitative estimate of drug-likeness (QED) is 0.924.